The van der Waals surface area contributed by atoms with Crippen LogP contribution < -0.4 is 0 Å². The molecule has 2 aliphatic carbocycles. The lowest BCUT2D eigenvalue weighted by atomic mass is 9.78. The van der Waals surface area contributed by atoms with Gasteiger partial charge >= 0.3 is 0 Å². The van der Waals surface area contributed by atoms with Gasteiger partial charge in [0, 0.05) is 17.8 Å². The van der Waals surface area contributed by atoms with Crippen LogP contribution in [0.1, 0.15) is 88.8 Å². The quantitative estimate of drug-likeness (QED) is 0.267. The van der Waals surface area contributed by atoms with Gasteiger partial charge in [-0.15, -0.1) is 0 Å². The number of ketones is 1. The Labute approximate surface area is 188 Å². The van der Waals surface area contributed by atoms with Crippen molar-refractivity contribution in [1.29, 1.82) is 0 Å². The molecule has 0 bridgehead atoms. The highest BCUT2D eigenvalue weighted by atomic mass is 16.3. The Kier molecular flexibility index (Phi) is 8.54. The molecule has 1 aromatic rings. The van der Waals surface area contributed by atoms with Crippen LogP contribution in [0, 0.1) is 24.2 Å². The monoisotopic (exact) mass is 423 g/mol. The summed E-state index contributed by atoms with van der Waals surface area (Å²) in [5.74, 6) is 0.799. The highest BCUT2D eigenvalue weighted by Crippen LogP contribution is 2.58. The molecular weight excluding hydrogens is 382 g/mol. The van der Waals surface area contributed by atoms with Crippen LogP contribution in [0.4, 0.5) is 0 Å². The lowest BCUT2D eigenvalue weighted by Crippen LogP contribution is -2.24. The molecule has 3 heteroatoms. The van der Waals surface area contributed by atoms with Crippen molar-refractivity contribution in [3.63, 3.8) is 0 Å². The van der Waals surface area contributed by atoms with Gasteiger partial charge < -0.3 is 10.1 Å². The van der Waals surface area contributed by atoms with Gasteiger partial charge in [-0.2, -0.15) is 0 Å². The van der Waals surface area contributed by atoms with E-state index in [1.54, 1.807) is 6.08 Å². The Morgan fingerprint density at radius 2 is 2.10 bits per heavy atom. The number of carbonyl (C=O) groups excluding carboxylic acids is 1. The minimum Gasteiger partial charge on any atom is -0.393 e. The molecule has 2 atom stereocenters. The number of aromatic amines is 1. The van der Waals surface area contributed by atoms with Crippen molar-refractivity contribution < 1.29 is 9.90 Å². The average molecular weight is 424 g/mol. The first-order chi connectivity index (χ1) is 15.0. The summed E-state index contributed by atoms with van der Waals surface area (Å²) in [5.41, 5.74) is 3.89. The molecule has 2 saturated carbocycles. The molecular formula is C28H41NO2. The van der Waals surface area contributed by atoms with Gasteiger partial charge in [0.25, 0.3) is 0 Å². The first-order valence-electron chi connectivity index (χ1n) is 12.3. The van der Waals surface area contributed by atoms with Crippen LogP contribution in [0.2, 0.25) is 0 Å². The Morgan fingerprint density at radius 3 is 2.68 bits per heavy atom. The van der Waals surface area contributed by atoms with Crippen LogP contribution >= 0.6 is 0 Å². The van der Waals surface area contributed by atoms with E-state index in [1.165, 1.54) is 29.7 Å². The van der Waals surface area contributed by atoms with Crippen LogP contribution in [-0.2, 0) is 4.79 Å². The second kappa shape index (κ2) is 11.1. The van der Waals surface area contributed by atoms with E-state index in [9.17, 15) is 9.90 Å². The smallest absolute Gasteiger partial charge is 0.158 e. The van der Waals surface area contributed by atoms with E-state index in [0.29, 0.717) is 12.3 Å². The summed E-state index contributed by atoms with van der Waals surface area (Å²) >= 11 is 0. The number of aromatic nitrogens is 1. The Bertz CT molecular complexity index is 790. The molecule has 0 amide bonds. The summed E-state index contributed by atoms with van der Waals surface area (Å²) in [5, 5.41) is 10.4. The number of aryl methyl sites for hydroxylation is 1. The molecule has 1 heterocycles. The summed E-state index contributed by atoms with van der Waals surface area (Å²) in [4.78, 5) is 16.4. The highest BCUT2D eigenvalue weighted by molar-refractivity contribution is 5.92. The molecule has 3 nitrogen and oxygen atoms in total. The number of aliphatic hydroxyl groups is 1. The summed E-state index contributed by atoms with van der Waals surface area (Å²) < 4.78 is 0. The van der Waals surface area contributed by atoms with Crippen molar-refractivity contribution >= 4 is 11.4 Å². The summed E-state index contributed by atoms with van der Waals surface area (Å²) in [7, 11) is 0. The Hall–Kier alpha value is -1.87. The van der Waals surface area contributed by atoms with E-state index < -0.39 is 0 Å². The van der Waals surface area contributed by atoms with Gasteiger partial charge in [-0.3, -0.25) is 4.79 Å². The van der Waals surface area contributed by atoms with E-state index in [-0.39, 0.29) is 23.2 Å². The predicted molar refractivity (Wildman–Crippen MR) is 130 cm³/mol. The number of nitrogens with one attached hydrogen (secondary N) is 1. The number of hydrogen-bond donors (Lipinski definition) is 2. The SMILES string of the molecule is C=C/C=C(/CCC1([C@H](CCC)C(=O)/C=C/C[C@H](O)C2CCCC2)CC1)c1cc[nH]c1C. The van der Waals surface area contributed by atoms with Gasteiger partial charge in [0.2, 0.25) is 0 Å². The maximum atomic E-state index is 13.2. The number of aliphatic hydroxyl groups excluding tert-OH is 1. The molecule has 3 rings (SSSR count). The van der Waals surface area contributed by atoms with Crippen molar-refractivity contribution in [1.82, 2.24) is 4.98 Å². The van der Waals surface area contributed by atoms with E-state index in [0.717, 1.165) is 51.4 Å². The van der Waals surface area contributed by atoms with Gasteiger partial charge in [0.1, 0.15) is 0 Å². The van der Waals surface area contributed by atoms with E-state index in [2.05, 4.69) is 37.6 Å². The fraction of sp³-hybridized carbons (Fsp3) is 0.607. The zero-order valence-corrected chi connectivity index (χ0v) is 19.5. The largest absolute Gasteiger partial charge is 0.393 e. The van der Waals surface area contributed by atoms with E-state index in [4.69, 9.17) is 0 Å². The highest BCUT2D eigenvalue weighted by Gasteiger charge is 2.50. The molecule has 0 radical (unpaired) electrons. The lowest BCUT2D eigenvalue weighted by molar-refractivity contribution is -0.120. The fourth-order valence-corrected chi connectivity index (χ4v) is 5.58. The van der Waals surface area contributed by atoms with Crippen LogP contribution in [0.5, 0.6) is 0 Å². The fourth-order valence-electron chi connectivity index (χ4n) is 5.58. The van der Waals surface area contributed by atoms with Crippen molar-refractivity contribution in [2.45, 2.75) is 90.6 Å². The van der Waals surface area contributed by atoms with Gasteiger partial charge in [0.15, 0.2) is 5.78 Å². The van der Waals surface area contributed by atoms with Crippen molar-refractivity contribution in [3.05, 3.63) is 54.4 Å². The number of H-pyrrole nitrogens is 1. The molecule has 2 fully saturated rings. The third-order valence-corrected chi connectivity index (χ3v) is 7.67. The third kappa shape index (κ3) is 6.10. The Balaban J connectivity index is 1.61. The predicted octanol–water partition coefficient (Wildman–Crippen LogP) is 6.94. The summed E-state index contributed by atoms with van der Waals surface area (Å²) in [6.07, 6.45) is 21.1. The molecule has 0 aromatic carbocycles. The minimum atomic E-state index is -0.290. The standard InChI is InChI=1S/C28H41NO2/c1-4-9-22(24-16-20-29-21(24)3)15-17-28(18-19-28)25(10-5-2)27(31)14-8-13-26(30)23-11-6-7-12-23/h4,8-9,14,16,20,23,25-26,29-30H,1,5-7,10-13,15,17-19H2,2-3H3/b14-8+,22-9-/t25-,26+/m1/s1. The molecule has 0 unspecified atom stereocenters. The molecule has 0 spiro atoms. The summed E-state index contributed by atoms with van der Waals surface area (Å²) in [6, 6.07) is 2.14. The van der Waals surface area contributed by atoms with Gasteiger partial charge in [-0.1, -0.05) is 51.0 Å². The maximum Gasteiger partial charge on any atom is 0.158 e. The van der Waals surface area contributed by atoms with E-state index in [1.807, 2.05) is 18.3 Å². The molecule has 31 heavy (non-hydrogen) atoms. The van der Waals surface area contributed by atoms with Crippen LogP contribution in [0.25, 0.3) is 5.57 Å². The average Bonchev–Trinajstić information content (AvgIpc) is 3.14. The van der Waals surface area contributed by atoms with Crippen LogP contribution in [0.3, 0.4) is 0 Å². The maximum absolute atomic E-state index is 13.2. The minimum absolute atomic E-state index is 0.106. The molecule has 0 saturated heterocycles. The second-order valence-electron chi connectivity index (χ2n) is 9.80. The normalized spacial score (nSPS) is 20.8. The first-order valence-corrected chi connectivity index (χ1v) is 12.3. The molecule has 1 aromatic heterocycles. The van der Waals surface area contributed by atoms with Gasteiger partial charge in [-0.05, 0) is 92.9 Å². The molecule has 170 valence electrons. The zero-order chi connectivity index (χ0) is 22.3. The number of rotatable bonds is 13. The van der Waals surface area contributed by atoms with Crippen LogP contribution in [-0.4, -0.2) is 22.0 Å². The number of carbonyl (C=O) groups is 1. The van der Waals surface area contributed by atoms with Gasteiger partial charge in [-0.25, -0.2) is 0 Å². The van der Waals surface area contributed by atoms with Crippen LogP contribution in [0.15, 0.2) is 43.1 Å². The van der Waals surface area contributed by atoms with Crippen molar-refractivity contribution in [3.8, 4) is 0 Å². The number of allylic oxidation sites excluding steroid dienone is 4. The second-order valence-corrected chi connectivity index (χ2v) is 9.80. The number of hydrogen-bond acceptors (Lipinski definition) is 2. The molecule has 2 N–H and O–H groups in total. The molecule has 2 aliphatic rings. The summed E-state index contributed by atoms with van der Waals surface area (Å²) in [6.45, 7) is 8.18. The first kappa shape index (κ1) is 23.8. The van der Waals surface area contributed by atoms with Crippen molar-refractivity contribution in [2.75, 3.05) is 0 Å². The van der Waals surface area contributed by atoms with Crippen molar-refractivity contribution in [2.24, 2.45) is 17.3 Å². The Morgan fingerprint density at radius 1 is 1.35 bits per heavy atom. The third-order valence-electron chi connectivity index (χ3n) is 7.67. The lowest BCUT2D eigenvalue weighted by Gasteiger charge is -2.25. The molecule has 0 aliphatic heterocycles. The van der Waals surface area contributed by atoms with Gasteiger partial charge in [0.05, 0.1) is 6.10 Å². The zero-order valence-electron chi connectivity index (χ0n) is 19.5. The van der Waals surface area contributed by atoms with E-state index >= 15 is 0 Å². The topological polar surface area (TPSA) is 53.1 Å².